The predicted molar refractivity (Wildman–Crippen MR) is 70.6 cm³/mol. The van der Waals surface area contributed by atoms with Gasteiger partial charge in [0, 0.05) is 0 Å². The Morgan fingerprint density at radius 3 is 2.24 bits per heavy atom. The van der Waals surface area contributed by atoms with Gasteiger partial charge in [0.25, 0.3) is 0 Å². The molecule has 2 atom stereocenters. The summed E-state index contributed by atoms with van der Waals surface area (Å²) < 4.78 is 12.7. The fourth-order valence-electron chi connectivity index (χ4n) is 1.44. The lowest BCUT2D eigenvalue weighted by molar-refractivity contribution is -0.121. The van der Waals surface area contributed by atoms with Crippen LogP contribution in [0.1, 0.15) is 32.4 Å². The topological polar surface area (TPSA) is 29.1 Å². The van der Waals surface area contributed by atoms with Crippen LogP contribution in [-0.4, -0.2) is 11.2 Å². The molecule has 2 unspecified atom stereocenters. The van der Waals surface area contributed by atoms with Gasteiger partial charge < -0.3 is 5.32 Å². The molecule has 0 spiro atoms. The number of hydrogen-bond donors (Lipinski definition) is 2. The molecular formula is C13H18FNOS. The minimum atomic E-state index is -0.321. The minimum Gasteiger partial charge on any atom is -0.349 e. The van der Waals surface area contributed by atoms with Crippen LogP contribution in [0.25, 0.3) is 0 Å². The molecule has 0 heterocycles. The van der Waals surface area contributed by atoms with Gasteiger partial charge in [0.2, 0.25) is 5.91 Å². The number of hydrogen-bond acceptors (Lipinski definition) is 2. The van der Waals surface area contributed by atoms with E-state index >= 15 is 0 Å². The first kappa shape index (κ1) is 14.0. The van der Waals surface area contributed by atoms with Crippen molar-refractivity contribution in [3.63, 3.8) is 0 Å². The molecule has 2 nitrogen and oxygen atoms in total. The third-order valence-corrected chi connectivity index (χ3v) is 3.46. The van der Waals surface area contributed by atoms with Gasteiger partial charge in [-0.1, -0.05) is 26.0 Å². The molecule has 0 fully saturated rings. The Bertz CT molecular complexity index is 378. The Kier molecular flexibility index (Phi) is 5.00. The van der Waals surface area contributed by atoms with Crippen molar-refractivity contribution in [2.75, 3.05) is 0 Å². The lowest BCUT2D eigenvalue weighted by Crippen LogP contribution is -2.36. The number of thiol groups is 1. The van der Waals surface area contributed by atoms with Gasteiger partial charge in [-0.15, -0.1) is 0 Å². The number of amides is 1. The van der Waals surface area contributed by atoms with Gasteiger partial charge in [0.1, 0.15) is 5.82 Å². The Hall–Kier alpha value is -1.03. The zero-order valence-corrected chi connectivity index (χ0v) is 11.2. The summed E-state index contributed by atoms with van der Waals surface area (Å²) >= 11 is 4.25. The lowest BCUT2D eigenvalue weighted by Gasteiger charge is -2.19. The highest BCUT2D eigenvalue weighted by molar-refractivity contribution is 7.81. The molecule has 1 aromatic carbocycles. The highest BCUT2D eigenvalue weighted by atomic mass is 32.1. The average molecular weight is 255 g/mol. The molecule has 0 radical (unpaired) electrons. The van der Waals surface area contributed by atoms with Gasteiger partial charge in [-0.2, -0.15) is 12.6 Å². The summed E-state index contributed by atoms with van der Waals surface area (Å²) in [5.74, 6) is -0.194. The molecule has 0 aliphatic heterocycles. The van der Waals surface area contributed by atoms with E-state index in [1.165, 1.54) is 12.1 Å². The highest BCUT2D eigenvalue weighted by Gasteiger charge is 2.19. The zero-order valence-electron chi connectivity index (χ0n) is 10.3. The summed E-state index contributed by atoms with van der Waals surface area (Å²) in [5, 5.41) is 2.54. The summed E-state index contributed by atoms with van der Waals surface area (Å²) in [6.45, 7) is 5.76. The van der Waals surface area contributed by atoms with Gasteiger partial charge in [0.15, 0.2) is 0 Å². The highest BCUT2D eigenvalue weighted by Crippen LogP contribution is 2.15. The van der Waals surface area contributed by atoms with E-state index in [-0.39, 0.29) is 28.9 Å². The third kappa shape index (κ3) is 4.04. The Labute approximate surface area is 107 Å². The average Bonchev–Trinajstić information content (AvgIpc) is 2.28. The van der Waals surface area contributed by atoms with Crippen molar-refractivity contribution in [3.8, 4) is 0 Å². The molecule has 0 aromatic heterocycles. The molecule has 1 N–H and O–H groups in total. The smallest absolute Gasteiger partial charge is 0.233 e. The normalized spacial score (nSPS) is 14.5. The third-order valence-electron chi connectivity index (χ3n) is 2.63. The number of nitrogens with one attached hydrogen (secondary N) is 1. The Balaban J connectivity index is 2.63. The van der Waals surface area contributed by atoms with E-state index in [1.807, 2.05) is 20.8 Å². The molecule has 17 heavy (non-hydrogen) atoms. The number of carbonyl (C=O) groups is 1. The first-order valence-corrected chi connectivity index (χ1v) is 6.17. The van der Waals surface area contributed by atoms with Crippen LogP contribution in [-0.2, 0) is 4.79 Å². The van der Waals surface area contributed by atoms with E-state index in [4.69, 9.17) is 0 Å². The minimum absolute atomic E-state index is 0.0971. The Morgan fingerprint density at radius 1 is 1.24 bits per heavy atom. The van der Waals surface area contributed by atoms with Crippen LogP contribution in [0.5, 0.6) is 0 Å². The number of rotatable bonds is 4. The molecule has 0 aliphatic carbocycles. The second kappa shape index (κ2) is 6.05. The van der Waals surface area contributed by atoms with Crippen LogP contribution in [0, 0.1) is 11.7 Å². The van der Waals surface area contributed by atoms with Crippen molar-refractivity contribution in [3.05, 3.63) is 35.6 Å². The van der Waals surface area contributed by atoms with Crippen LogP contribution in [0.3, 0.4) is 0 Å². The van der Waals surface area contributed by atoms with Crippen molar-refractivity contribution in [1.82, 2.24) is 5.32 Å². The number of halogens is 1. The number of benzene rings is 1. The van der Waals surface area contributed by atoms with Crippen molar-refractivity contribution in [2.24, 2.45) is 5.92 Å². The van der Waals surface area contributed by atoms with E-state index in [1.54, 1.807) is 12.1 Å². The van der Waals surface area contributed by atoms with E-state index in [0.717, 1.165) is 5.56 Å². The molecule has 0 aliphatic rings. The second-order valence-corrected chi connectivity index (χ2v) is 5.03. The summed E-state index contributed by atoms with van der Waals surface area (Å²) in [6.07, 6.45) is 0. The van der Waals surface area contributed by atoms with Crippen LogP contribution in [0.4, 0.5) is 4.39 Å². The molecule has 1 aromatic rings. The molecule has 4 heteroatoms. The quantitative estimate of drug-likeness (QED) is 0.796. The lowest BCUT2D eigenvalue weighted by atomic mass is 10.1. The zero-order chi connectivity index (χ0) is 13.0. The van der Waals surface area contributed by atoms with Crippen molar-refractivity contribution >= 4 is 18.5 Å². The molecule has 0 saturated carbocycles. The fraction of sp³-hybridized carbons (Fsp3) is 0.462. The van der Waals surface area contributed by atoms with Crippen LogP contribution >= 0.6 is 12.6 Å². The van der Waals surface area contributed by atoms with Crippen LogP contribution in [0.15, 0.2) is 24.3 Å². The molecule has 0 bridgehead atoms. The largest absolute Gasteiger partial charge is 0.349 e. The summed E-state index contributed by atoms with van der Waals surface area (Å²) in [6, 6.07) is 5.97. The summed E-state index contributed by atoms with van der Waals surface area (Å²) in [5.41, 5.74) is 0.879. The fourth-order valence-corrected chi connectivity index (χ4v) is 1.51. The summed E-state index contributed by atoms with van der Waals surface area (Å²) in [4.78, 5) is 11.8. The molecule has 1 amide bonds. The van der Waals surface area contributed by atoms with Gasteiger partial charge in [-0.25, -0.2) is 4.39 Å². The standard InChI is InChI=1S/C13H18FNOS/c1-8(2)12(17)13(16)15-9(3)10-4-6-11(14)7-5-10/h4-9,12,17H,1-3H3,(H,15,16). The molecule has 1 rings (SSSR count). The van der Waals surface area contributed by atoms with E-state index < -0.39 is 0 Å². The van der Waals surface area contributed by atoms with Crippen molar-refractivity contribution < 1.29 is 9.18 Å². The molecule has 94 valence electrons. The first-order valence-electron chi connectivity index (χ1n) is 5.65. The Morgan fingerprint density at radius 2 is 1.76 bits per heavy atom. The van der Waals surface area contributed by atoms with Gasteiger partial charge in [0.05, 0.1) is 11.3 Å². The van der Waals surface area contributed by atoms with Crippen LogP contribution < -0.4 is 5.32 Å². The monoisotopic (exact) mass is 255 g/mol. The maximum atomic E-state index is 12.7. The van der Waals surface area contributed by atoms with Crippen molar-refractivity contribution in [1.29, 1.82) is 0 Å². The van der Waals surface area contributed by atoms with E-state index in [2.05, 4.69) is 17.9 Å². The number of carbonyl (C=O) groups excluding carboxylic acids is 1. The van der Waals surface area contributed by atoms with E-state index in [9.17, 15) is 9.18 Å². The maximum absolute atomic E-state index is 12.7. The summed E-state index contributed by atoms with van der Waals surface area (Å²) in [7, 11) is 0. The van der Waals surface area contributed by atoms with Gasteiger partial charge >= 0.3 is 0 Å². The SMILES string of the molecule is CC(NC(=O)C(S)C(C)C)c1ccc(F)cc1. The second-order valence-electron chi connectivity index (χ2n) is 4.47. The van der Waals surface area contributed by atoms with E-state index in [0.29, 0.717) is 0 Å². The van der Waals surface area contributed by atoms with Crippen LogP contribution in [0.2, 0.25) is 0 Å². The molecular weight excluding hydrogens is 237 g/mol. The first-order chi connectivity index (χ1) is 7.91. The van der Waals surface area contributed by atoms with Gasteiger partial charge in [-0.3, -0.25) is 4.79 Å². The maximum Gasteiger partial charge on any atom is 0.233 e. The van der Waals surface area contributed by atoms with Crippen molar-refractivity contribution in [2.45, 2.75) is 32.1 Å². The van der Waals surface area contributed by atoms with Gasteiger partial charge in [-0.05, 0) is 30.5 Å². The predicted octanol–water partition coefficient (Wildman–Crippen LogP) is 2.96. The molecule has 0 saturated heterocycles.